The normalized spacial score (nSPS) is 18.5. The molecule has 0 bridgehead atoms. The van der Waals surface area contributed by atoms with Gasteiger partial charge in [-0.25, -0.2) is 17.6 Å². The van der Waals surface area contributed by atoms with Crippen molar-refractivity contribution in [2.45, 2.75) is 44.8 Å². The Labute approximate surface area is 199 Å². The van der Waals surface area contributed by atoms with E-state index in [0.717, 1.165) is 43.4 Å². The lowest BCUT2D eigenvalue weighted by molar-refractivity contribution is -0.189. The number of ether oxygens (including phenoxy) is 2. The van der Waals surface area contributed by atoms with Crippen LogP contribution in [0, 0.1) is 29.2 Å². The lowest BCUT2D eigenvalue weighted by Crippen LogP contribution is -2.25. The van der Waals surface area contributed by atoms with E-state index in [1.165, 1.54) is 0 Å². The quantitative estimate of drug-likeness (QED) is 0.308. The minimum absolute atomic E-state index is 0.0514. The first kappa shape index (κ1) is 25.1. The Balaban J connectivity index is 1.52. The first-order chi connectivity index (χ1) is 16.7. The summed E-state index contributed by atoms with van der Waals surface area (Å²) >= 11 is 0. The van der Waals surface area contributed by atoms with Crippen molar-refractivity contribution in [3.63, 3.8) is 0 Å². The highest BCUT2D eigenvalue weighted by Crippen LogP contribution is 2.38. The van der Waals surface area contributed by atoms with Gasteiger partial charge in [0.05, 0.1) is 12.7 Å². The molecule has 0 saturated carbocycles. The fourth-order valence-corrected chi connectivity index (χ4v) is 4.40. The molecule has 1 aliphatic rings. The van der Waals surface area contributed by atoms with Crippen LogP contribution in [-0.4, -0.2) is 6.61 Å². The number of halogens is 6. The van der Waals surface area contributed by atoms with Crippen LogP contribution in [0.2, 0.25) is 0 Å². The van der Waals surface area contributed by atoms with E-state index in [1.54, 1.807) is 24.3 Å². The predicted octanol–water partition coefficient (Wildman–Crippen LogP) is 8.31. The van der Waals surface area contributed by atoms with E-state index in [-0.39, 0.29) is 11.7 Å². The summed E-state index contributed by atoms with van der Waals surface area (Å²) < 4.78 is 95.2. The van der Waals surface area contributed by atoms with Crippen LogP contribution in [0.5, 0.6) is 5.75 Å². The molecule has 0 aromatic heterocycles. The third-order valence-corrected chi connectivity index (χ3v) is 6.10. The summed E-state index contributed by atoms with van der Waals surface area (Å²) in [5, 5.41) is 0. The molecule has 35 heavy (non-hydrogen) atoms. The van der Waals surface area contributed by atoms with Crippen LogP contribution in [0.4, 0.5) is 26.3 Å². The Bertz CT molecular complexity index is 1130. The summed E-state index contributed by atoms with van der Waals surface area (Å²) in [6.45, 7) is 2.83. The second-order valence-electron chi connectivity index (χ2n) is 8.71. The summed E-state index contributed by atoms with van der Waals surface area (Å²) in [5.41, 5.74) is -0.243. The molecule has 2 nitrogen and oxygen atoms in total. The van der Waals surface area contributed by atoms with Gasteiger partial charge in [0.2, 0.25) is 0 Å². The van der Waals surface area contributed by atoms with E-state index in [1.807, 2.05) is 0 Å². The van der Waals surface area contributed by atoms with Gasteiger partial charge in [0, 0.05) is 18.2 Å². The maximum absolute atomic E-state index is 14.7. The lowest BCUT2D eigenvalue weighted by Gasteiger charge is -2.29. The van der Waals surface area contributed by atoms with Gasteiger partial charge in [0.25, 0.3) is 0 Å². The molecular weight excluding hydrogens is 470 g/mol. The highest BCUT2D eigenvalue weighted by atomic mass is 19.3. The van der Waals surface area contributed by atoms with Crippen molar-refractivity contribution in [3.8, 4) is 16.9 Å². The number of hydrogen-bond donors (Lipinski definition) is 0. The van der Waals surface area contributed by atoms with Crippen molar-refractivity contribution < 1.29 is 35.8 Å². The zero-order valence-corrected chi connectivity index (χ0v) is 19.0. The van der Waals surface area contributed by atoms with E-state index < -0.39 is 40.7 Å². The standard InChI is InChI=1S/C27H24F6O2/c1-2-3-16-4-9-25(34-15-16)18-7-5-17(6-8-18)19-10-23(30)26(24(31)11-19)27(32,33)35-22-13-20(28)12-21(29)14-22/h5-8,10-14,16,25H,2-4,9,15H2,1H3. The van der Waals surface area contributed by atoms with Crippen LogP contribution in [0.15, 0.2) is 54.6 Å². The van der Waals surface area contributed by atoms with E-state index in [2.05, 4.69) is 11.7 Å². The first-order valence-corrected chi connectivity index (χ1v) is 11.4. The van der Waals surface area contributed by atoms with Gasteiger partial charge in [-0.3, -0.25) is 0 Å². The van der Waals surface area contributed by atoms with Crippen LogP contribution in [0.1, 0.15) is 49.8 Å². The van der Waals surface area contributed by atoms with Gasteiger partial charge in [0.1, 0.15) is 34.6 Å². The van der Waals surface area contributed by atoms with Gasteiger partial charge in [-0.05, 0) is 54.0 Å². The Kier molecular flexibility index (Phi) is 7.40. The van der Waals surface area contributed by atoms with E-state index in [9.17, 15) is 26.3 Å². The molecular formula is C27H24F6O2. The highest BCUT2D eigenvalue weighted by Gasteiger charge is 2.41. The van der Waals surface area contributed by atoms with Gasteiger partial charge in [-0.1, -0.05) is 37.6 Å². The van der Waals surface area contributed by atoms with Crippen molar-refractivity contribution in [1.29, 1.82) is 0 Å². The molecule has 3 aromatic carbocycles. The molecule has 2 unspecified atom stereocenters. The van der Waals surface area contributed by atoms with Crippen LogP contribution < -0.4 is 4.74 Å². The van der Waals surface area contributed by atoms with Crippen molar-refractivity contribution in [2.75, 3.05) is 6.61 Å². The monoisotopic (exact) mass is 494 g/mol. The maximum atomic E-state index is 14.7. The zero-order valence-electron chi connectivity index (χ0n) is 19.0. The summed E-state index contributed by atoms with van der Waals surface area (Å²) in [6, 6.07) is 9.84. The molecule has 186 valence electrons. The molecule has 8 heteroatoms. The minimum atomic E-state index is -4.51. The van der Waals surface area contributed by atoms with Crippen LogP contribution in [0.25, 0.3) is 11.1 Å². The summed E-state index contributed by atoms with van der Waals surface area (Å²) in [4.78, 5) is 0. The number of rotatable bonds is 7. The largest absolute Gasteiger partial charge is 0.432 e. The second kappa shape index (κ2) is 10.3. The van der Waals surface area contributed by atoms with Gasteiger partial charge in [-0.2, -0.15) is 8.78 Å². The molecule has 4 rings (SSSR count). The van der Waals surface area contributed by atoms with E-state index >= 15 is 0 Å². The van der Waals surface area contributed by atoms with Crippen molar-refractivity contribution in [2.24, 2.45) is 5.92 Å². The Hall–Kier alpha value is -3.00. The minimum Gasteiger partial charge on any atom is -0.429 e. The second-order valence-corrected chi connectivity index (χ2v) is 8.71. The topological polar surface area (TPSA) is 18.5 Å². The molecule has 1 saturated heterocycles. The molecule has 0 N–H and O–H groups in total. The summed E-state index contributed by atoms with van der Waals surface area (Å²) in [7, 11) is 0. The van der Waals surface area contributed by atoms with E-state index in [4.69, 9.17) is 4.74 Å². The van der Waals surface area contributed by atoms with Crippen LogP contribution in [-0.2, 0) is 10.8 Å². The van der Waals surface area contributed by atoms with Gasteiger partial charge in [-0.15, -0.1) is 0 Å². The van der Waals surface area contributed by atoms with Crippen molar-refractivity contribution in [1.82, 2.24) is 0 Å². The van der Waals surface area contributed by atoms with Gasteiger partial charge in [0.15, 0.2) is 0 Å². The van der Waals surface area contributed by atoms with Crippen LogP contribution >= 0.6 is 0 Å². The predicted molar refractivity (Wildman–Crippen MR) is 119 cm³/mol. The Morgan fingerprint density at radius 2 is 1.49 bits per heavy atom. The van der Waals surface area contributed by atoms with Crippen molar-refractivity contribution >= 4 is 0 Å². The fourth-order valence-electron chi connectivity index (χ4n) is 4.40. The SMILES string of the molecule is CCCC1CCC(c2ccc(-c3cc(F)c(C(F)(F)Oc4cc(F)cc(F)c4)c(F)c3)cc2)OC1. The molecule has 2 atom stereocenters. The molecule has 0 amide bonds. The Morgan fingerprint density at radius 1 is 0.857 bits per heavy atom. The smallest absolute Gasteiger partial charge is 0.429 e. The summed E-state index contributed by atoms with van der Waals surface area (Å²) in [6.07, 6.45) is -0.382. The third-order valence-electron chi connectivity index (χ3n) is 6.10. The zero-order chi connectivity index (χ0) is 25.2. The molecule has 0 aliphatic carbocycles. The molecule has 1 aliphatic heterocycles. The molecule has 1 heterocycles. The molecule has 1 fully saturated rings. The number of benzene rings is 3. The maximum Gasteiger partial charge on any atom is 0.432 e. The average Bonchev–Trinajstić information content (AvgIpc) is 2.78. The molecule has 0 radical (unpaired) electrons. The van der Waals surface area contributed by atoms with Gasteiger partial charge < -0.3 is 9.47 Å². The molecule has 3 aromatic rings. The van der Waals surface area contributed by atoms with Crippen molar-refractivity contribution in [3.05, 3.63) is 89.0 Å². The highest BCUT2D eigenvalue weighted by molar-refractivity contribution is 5.64. The summed E-state index contributed by atoms with van der Waals surface area (Å²) in [5.74, 6) is -5.80. The number of alkyl halides is 2. The average molecular weight is 494 g/mol. The number of hydrogen-bond acceptors (Lipinski definition) is 2. The third kappa shape index (κ3) is 5.81. The Morgan fingerprint density at radius 3 is 2.03 bits per heavy atom. The lowest BCUT2D eigenvalue weighted by atomic mass is 9.91. The van der Waals surface area contributed by atoms with Crippen LogP contribution in [0.3, 0.4) is 0 Å². The fraction of sp³-hybridized carbons (Fsp3) is 0.333. The van der Waals surface area contributed by atoms with E-state index in [0.29, 0.717) is 36.3 Å². The van der Waals surface area contributed by atoms with Gasteiger partial charge >= 0.3 is 6.11 Å². The molecule has 0 spiro atoms. The first-order valence-electron chi connectivity index (χ1n) is 11.4.